The monoisotopic (exact) mass is 279 g/mol. The Morgan fingerprint density at radius 3 is 2.20 bits per heavy atom. The first kappa shape index (κ1) is 14.1. The maximum Gasteiger partial charge on any atom is 0.106 e. The number of rotatable bonds is 0. The third-order valence-electron chi connectivity index (χ3n) is 1.84. The Morgan fingerprint density at radius 2 is 1.60 bits per heavy atom. The van der Waals surface area contributed by atoms with Gasteiger partial charge in [0.25, 0.3) is 0 Å². The first-order valence-corrected chi connectivity index (χ1v) is 3.88. The van der Waals surface area contributed by atoms with E-state index in [0.717, 1.165) is 5.56 Å². The van der Waals surface area contributed by atoms with Crippen molar-refractivity contribution in [3.8, 4) is 0 Å². The summed E-state index contributed by atoms with van der Waals surface area (Å²) in [5.74, 6) is -0.839. The van der Waals surface area contributed by atoms with Crippen molar-refractivity contribution in [2.75, 3.05) is 0 Å². The summed E-state index contributed by atoms with van der Waals surface area (Å²) in [4.78, 5) is 30.0. The Morgan fingerprint density at radius 1 is 1.07 bits per heavy atom. The van der Waals surface area contributed by atoms with Gasteiger partial charge in [-0.2, -0.15) is 0 Å². The van der Waals surface area contributed by atoms with Crippen LogP contribution >= 0.6 is 0 Å². The zero-order valence-electron chi connectivity index (χ0n) is 8.19. The van der Waals surface area contributed by atoms with Crippen molar-refractivity contribution in [1.82, 2.24) is 0 Å². The van der Waals surface area contributed by atoms with Gasteiger partial charge in [0.05, 0.1) is 11.8 Å². The molecule has 0 unspecified atom stereocenters. The standard InChI is InChI=1S/C9H7NO2.CH2O.Y/c1-5-2-3-6-7(4-5)9(12)10-8(6)11;1-2;/h2-4H,1H3,(H,10,11,12);1H2;/p-1. The van der Waals surface area contributed by atoms with Crippen molar-refractivity contribution in [1.29, 1.82) is 0 Å². The molecule has 2 amide bonds. The zero-order chi connectivity index (χ0) is 10.7. The molecule has 0 atom stereocenters. The summed E-state index contributed by atoms with van der Waals surface area (Å²) in [6, 6.07) is 5.12. The van der Waals surface area contributed by atoms with Crippen LogP contribution in [-0.4, -0.2) is 18.6 Å². The van der Waals surface area contributed by atoms with Gasteiger partial charge in [0.15, 0.2) is 0 Å². The predicted molar refractivity (Wildman–Crippen MR) is 50.3 cm³/mol. The van der Waals surface area contributed by atoms with Gasteiger partial charge in [-0.05, 0) is 13.0 Å². The first-order chi connectivity index (χ1) is 6.68. The van der Waals surface area contributed by atoms with Crippen LogP contribution in [0, 0.1) is 6.92 Å². The molecule has 1 radical (unpaired) electrons. The van der Waals surface area contributed by atoms with Crippen LogP contribution in [0.25, 0.3) is 5.32 Å². The number of fused-ring (bicyclic) bond motifs is 1. The van der Waals surface area contributed by atoms with E-state index in [0.29, 0.717) is 11.1 Å². The predicted octanol–water partition coefficient (Wildman–Crippen LogP) is 1.48. The molecule has 1 aliphatic rings. The van der Waals surface area contributed by atoms with Crippen molar-refractivity contribution >= 4 is 18.6 Å². The van der Waals surface area contributed by atoms with Gasteiger partial charge < -0.3 is 19.7 Å². The number of benzene rings is 1. The van der Waals surface area contributed by atoms with Gasteiger partial charge in [-0.25, -0.2) is 0 Å². The molecule has 1 aromatic carbocycles. The van der Waals surface area contributed by atoms with Gasteiger partial charge in [-0.3, -0.25) is 0 Å². The number of hydrogen-bond donors (Lipinski definition) is 0. The Kier molecular flexibility index (Phi) is 5.54. The molecular weight excluding hydrogens is 271 g/mol. The molecule has 0 aromatic heterocycles. The van der Waals surface area contributed by atoms with Crippen LogP contribution in [0.5, 0.6) is 0 Å². The van der Waals surface area contributed by atoms with E-state index in [2.05, 4.69) is 5.32 Å². The maximum atomic E-state index is 11.0. The molecule has 1 aliphatic heterocycles. The van der Waals surface area contributed by atoms with Crippen molar-refractivity contribution in [2.24, 2.45) is 0 Å². The number of imide groups is 1. The van der Waals surface area contributed by atoms with E-state index in [1.165, 1.54) is 0 Å². The van der Waals surface area contributed by atoms with Gasteiger partial charge in [0, 0.05) is 43.8 Å². The van der Waals surface area contributed by atoms with Crippen molar-refractivity contribution in [3.05, 3.63) is 40.2 Å². The van der Waals surface area contributed by atoms with E-state index in [9.17, 15) is 9.59 Å². The minimum Gasteiger partial charge on any atom is -0.587 e. The topological polar surface area (TPSA) is 65.3 Å². The Labute approximate surface area is 112 Å². The number of carbonyl (C=O) groups excluding carboxylic acids is 3. The van der Waals surface area contributed by atoms with E-state index >= 15 is 0 Å². The average Bonchev–Trinajstić information content (AvgIpc) is 2.46. The second-order valence-corrected chi connectivity index (χ2v) is 2.77. The zero-order valence-corrected chi connectivity index (χ0v) is 11.0. The number of carbonyl (C=O) groups is 3. The van der Waals surface area contributed by atoms with Gasteiger partial charge in [-0.1, -0.05) is 17.7 Å². The second-order valence-electron chi connectivity index (χ2n) is 2.77. The summed E-state index contributed by atoms with van der Waals surface area (Å²) < 4.78 is 0. The number of hydrogen-bond acceptors (Lipinski definition) is 3. The maximum absolute atomic E-state index is 11.0. The minimum atomic E-state index is -0.421. The van der Waals surface area contributed by atoms with Crippen molar-refractivity contribution in [3.63, 3.8) is 0 Å². The minimum absolute atomic E-state index is 0. The Bertz CT molecular complexity index is 404. The van der Waals surface area contributed by atoms with Crippen molar-refractivity contribution < 1.29 is 47.1 Å². The van der Waals surface area contributed by atoms with E-state index in [1.807, 2.05) is 13.7 Å². The molecule has 1 aromatic rings. The smallest absolute Gasteiger partial charge is 0.106 e. The third-order valence-corrected chi connectivity index (χ3v) is 1.84. The number of amides is 2. The fourth-order valence-corrected chi connectivity index (χ4v) is 1.23. The second kappa shape index (κ2) is 5.88. The Balaban J connectivity index is 0.000000617. The molecule has 4 nitrogen and oxygen atoms in total. The van der Waals surface area contributed by atoms with E-state index in [1.54, 1.807) is 18.2 Å². The molecule has 0 saturated heterocycles. The fraction of sp³-hybridized carbons (Fsp3) is 0.100. The Hall–Kier alpha value is -0.866. The van der Waals surface area contributed by atoms with Crippen LogP contribution in [0.4, 0.5) is 0 Å². The fourth-order valence-electron chi connectivity index (χ4n) is 1.23. The summed E-state index contributed by atoms with van der Waals surface area (Å²) in [6.45, 7) is 3.87. The van der Waals surface area contributed by atoms with E-state index in [4.69, 9.17) is 4.79 Å². The summed E-state index contributed by atoms with van der Waals surface area (Å²) in [5, 5.41) is 3.32. The third kappa shape index (κ3) is 2.80. The molecule has 0 saturated carbocycles. The van der Waals surface area contributed by atoms with Crippen LogP contribution in [0.2, 0.25) is 0 Å². The van der Waals surface area contributed by atoms with Gasteiger partial charge >= 0.3 is 0 Å². The quantitative estimate of drug-likeness (QED) is 0.675. The summed E-state index contributed by atoms with van der Waals surface area (Å²) in [5.41, 5.74) is 1.82. The largest absolute Gasteiger partial charge is 0.587 e. The molecule has 15 heavy (non-hydrogen) atoms. The number of aryl methyl sites for hydroxylation is 1. The summed E-state index contributed by atoms with van der Waals surface area (Å²) in [7, 11) is 0. The van der Waals surface area contributed by atoms with E-state index < -0.39 is 11.8 Å². The van der Waals surface area contributed by atoms with Crippen molar-refractivity contribution in [2.45, 2.75) is 6.92 Å². The molecular formula is C10H8NO3Y-. The summed E-state index contributed by atoms with van der Waals surface area (Å²) in [6.07, 6.45) is 0. The van der Waals surface area contributed by atoms with Crippen LogP contribution in [0.3, 0.4) is 0 Å². The van der Waals surface area contributed by atoms with Gasteiger partial charge in [-0.15, -0.1) is 0 Å². The normalized spacial score (nSPS) is 11.8. The molecule has 1 heterocycles. The van der Waals surface area contributed by atoms with Gasteiger partial charge in [0.1, 0.15) is 6.79 Å². The van der Waals surface area contributed by atoms with E-state index in [-0.39, 0.29) is 32.7 Å². The SMILES string of the molecule is C=O.Cc1ccc2c(c1)C(=O)[N-]C2=O.[Y]. The molecule has 5 heteroatoms. The van der Waals surface area contributed by atoms with Crippen LogP contribution in [0.15, 0.2) is 18.2 Å². The molecule has 0 N–H and O–H groups in total. The molecule has 0 fully saturated rings. The van der Waals surface area contributed by atoms with Crippen LogP contribution < -0.4 is 0 Å². The molecule has 2 rings (SSSR count). The first-order valence-electron chi connectivity index (χ1n) is 3.88. The molecule has 0 aliphatic carbocycles. The molecule has 0 spiro atoms. The number of nitrogens with zero attached hydrogens (tertiary/aromatic N) is 1. The van der Waals surface area contributed by atoms with Gasteiger partial charge in [0.2, 0.25) is 0 Å². The van der Waals surface area contributed by atoms with Crippen LogP contribution in [-0.2, 0) is 37.5 Å². The summed E-state index contributed by atoms with van der Waals surface area (Å²) >= 11 is 0. The molecule has 0 bridgehead atoms. The average molecular weight is 279 g/mol. The van der Waals surface area contributed by atoms with Crippen LogP contribution in [0.1, 0.15) is 26.3 Å². The molecule has 75 valence electrons.